The van der Waals surface area contributed by atoms with Gasteiger partial charge in [-0.3, -0.25) is 9.48 Å². The second-order valence-electron chi connectivity index (χ2n) is 5.48. The van der Waals surface area contributed by atoms with E-state index in [2.05, 4.69) is 11.7 Å². The molecule has 0 spiro atoms. The maximum absolute atomic E-state index is 12.7. The van der Waals surface area contributed by atoms with E-state index >= 15 is 0 Å². The molecule has 5 heteroatoms. The maximum Gasteiger partial charge on any atom is 0.261 e. The molecule has 1 aromatic rings. The standard InChI is InChI=1S/C14H19N3O2/c1-9-6-10-4-5-11(7-9)17(10)14(18)12-8-16(2)15-13(12)19-3/h8,10-11H,1,4-7H2,2-3H3. The molecule has 2 saturated heterocycles. The number of methoxy groups -OCH3 is 1. The van der Waals surface area contributed by atoms with Gasteiger partial charge in [-0.05, 0) is 25.7 Å². The zero-order chi connectivity index (χ0) is 13.6. The van der Waals surface area contributed by atoms with Crippen molar-refractivity contribution in [2.75, 3.05) is 7.11 Å². The molecule has 5 nitrogen and oxygen atoms in total. The normalized spacial score (nSPS) is 25.8. The highest BCUT2D eigenvalue weighted by Crippen LogP contribution is 2.39. The summed E-state index contributed by atoms with van der Waals surface area (Å²) in [5.74, 6) is 0.459. The number of carbonyl (C=O) groups excluding carboxylic acids is 1. The Kier molecular flexibility index (Phi) is 2.84. The summed E-state index contributed by atoms with van der Waals surface area (Å²) in [5, 5.41) is 4.16. The number of piperidine rings is 1. The molecule has 2 aliphatic heterocycles. The van der Waals surface area contributed by atoms with Gasteiger partial charge in [0.25, 0.3) is 5.91 Å². The van der Waals surface area contributed by atoms with Crippen LogP contribution in [0.2, 0.25) is 0 Å². The van der Waals surface area contributed by atoms with Crippen LogP contribution in [0, 0.1) is 0 Å². The lowest BCUT2D eigenvalue weighted by atomic mass is 9.97. The minimum absolute atomic E-state index is 0.0463. The number of hydrogen-bond acceptors (Lipinski definition) is 3. The number of amides is 1. The fourth-order valence-electron chi connectivity index (χ4n) is 3.35. The van der Waals surface area contributed by atoms with Gasteiger partial charge in [0.2, 0.25) is 5.88 Å². The van der Waals surface area contributed by atoms with E-state index in [0.717, 1.165) is 25.7 Å². The van der Waals surface area contributed by atoms with Crippen molar-refractivity contribution in [3.63, 3.8) is 0 Å². The average molecular weight is 261 g/mol. The first-order valence-electron chi connectivity index (χ1n) is 6.67. The summed E-state index contributed by atoms with van der Waals surface area (Å²) in [7, 11) is 3.34. The Morgan fingerprint density at radius 2 is 2.05 bits per heavy atom. The molecule has 2 bridgehead atoms. The number of ether oxygens (including phenoxy) is 1. The Morgan fingerprint density at radius 1 is 1.42 bits per heavy atom. The molecule has 1 amide bonds. The third-order valence-corrected chi connectivity index (χ3v) is 4.12. The molecule has 3 rings (SSSR count). The van der Waals surface area contributed by atoms with Crippen molar-refractivity contribution in [2.24, 2.45) is 7.05 Å². The van der Waals surface area contributed by atoms with Crippen LogP contribution in [0.3, 0.4) is 0 Å². The fraction of sp³-hybridized carbons (Fsp3) is 0.571. The molecular weight excluding hydrogens is 242 g/mol. The van der Waals surface area contributed by atoms with Gasteiger partial charge >= 0.3 is 0 Å². The second kappa shape index (κ2) is 4.40. The van der Waals surface area contributed by atoms with Crippen molar-refractivity contribution in [3.8, 4) is 5.88 Å². The molecule has 1 aromatic heterocycles. The van der Waals surface area contributed by atoms with Crippen LogP contribution in [0.5, 0.6) is 5.88 Å². The smallest absolute Gasteiger partial charge is 0.261 e. The van der Waals surface area contributed by atoms with E-state index in [4.69, 9.17) is 4.74 Å². The predicted octanol–water partition coefficient (Wildman–Crippen LogP) is 1.75. The summed E-state index contributed by atoms with van der Waals surface area (Å²) in [6.45, 7) is 4.08. The SMILES string of the molecule is C=C1CC2CCC(C1)N2C(=O)c1cn(C)nc1OC. The number of nitrogens with zero attached hydrogens (tertiary/aromatic N) is 3. The van der Waals surface area contributed by atoms with Crippen LogP contribution in [0.15, 0.2) is 18.3 Å². The van der Waals surface area contributed by atoms with Crippen LogP contribution >= 0.6 is 0 Å². The van der Waals surface area contributed by atoms with Gasteiger partial charge in [-0.2, -0.15) is 0 Å². The lowest BCUT2D eigenvalue weighted by Gasteiger charge is -2.35. The van der Waals surface area contributed by atoms with E-state index in [9.17, 15) is 4.79 Å². The lowest BCUT2D eigenvalue weighted by molar-refractivity contribution is 0.0632. The third kappa shape index (κ3) is 1.93. The van der Waals surface area contributed by atoms with Crippen molar-refractivity contribution >= 4 is 5.91 Å². The van der Waals surface area contributed by atoms with Crippen molar-refractivity contribution in [3.05, 3.63) is 23.9 Å². The molecule has 0 N–H and O–H groups in total. The predicted molar refractivity (Wildman–Crippen MR) is 71.1 cm³/mol. The molecule has 19 heavy (non-hydrogen) atoms. The number of carbonyl (C=O) groups is 1. The Labute approximate surface area is 112 Å². The molecule has 0 aromatic carbocycles. The van der Waals surface area contributed by atoms with Crippen molar-refractivity contribution in [1.82, 2.24) is 14.7 Å². The van der Waals surface area contributed by atoms with Crippen LogP contribution in [-0.2, 0) is 7.05 Å². The molecule has 2 unspecified atom stereocenters. The van der Waals surface area contributed by atoms with Crippen LogP contribution in [0.1, 0.15) is 36.0 Å². The van der Waals surface area contributed by atoms with Gasteiger partial charge in [0.1, 0.15) is 5.56 Å². The van der Waals surface area contributed by atoms with Crippen LogP contribution < -0.4 is 4.74 Å². The number of fused-ring (bicyclic) bond motifs is 2. The van der Waals surface area contributed by atoms with Crippen molar-refractivity contribution in [2.45, 2.75) is 37.8 Å². The molecule has 2 fully saturated rings. The number of aryl methyl sites for hydroxylation is 1. The number of hydrogen-bond donors (Lipinski definition) is 0. The summed E-state index contributed by atoms with van der Waals surface area (Å²) in [6, 6.07) is 0.618. The summed E-state index contributed by atoms with van der Waals surface area (Å²) in [4.78, 5) is 14.7. The summed E-state index contributed by atoms with van der Waals surface area (Å²) in [5.41, 5.74) is 1.84. The zero-order valence-corrected chi connectivity index (χ0v) is 11.4. The summed E-state index contributed by atoms with van der Waals surface area (Å²) >= 11 is 0. The molecule has 0 aliphatic carbocycles. The van der Waals surface area contributed by atoms with Crippen molar-refractivity contribution < 1.29 is 9.53 Å². The number of rotatable bonds is 2. The largest absolute Gasteiger partial charge is 0.479 e. The molecule has 2 atom stereocenters. The van der Waals surface area contributed by atoms with E-state index in [-0.39, 0.29) is 5.91 Å². The van der Waals surface area contributed by atoms with Gasteiger partial charge in [-0.1, -0.05) is 12.2 Å². The van der Waals surface area contributed by atoms with E-state index < -0.39 is 0 Å². The average Bonchev–Trinajstić information content (AvgIpc) is 2.87. The molecule has 102 valence electrons. The highest BCUT2D eigenvalue weighted by Gasteiger charge is 2.42. The molecule has 3 heterocycles. The maximum atomic E-state index is 12.7. The van der Waals surface area contributed by atoms with Crippen LogP contribution in [0.4, 0.5) is 0 Å². The van der Waals surface area contributed by atoms with E-state index in [0.29, 0.717) is 23.5 Å². The van der Waals surface area contributed by atoms with Gasteiger partial charge in [0.15, 0.2) is 0 Å². The van der Waals surface area contributed by atoms with Crippen molar-refractivity contribution in [1.29, 1.82) is 0 Å². The Bertz CT molecular complexity index is 519. The van der Waals surface area contributed by atoms with E-state index in [1.165, 1.54) is 5.57 Å². The monoisotopic (exact) mass is 261 g/mol. The Balaban J connectivity index is 1.90. The highest BCUT2D eigenvalue weighted by atomic mass is 16.5. The van der Waals surface area contributed by atoms with Gasteiger partial charge in [-0.15, -0.1) is 5.10 Å². The topological polar surface area (TPSA) is 47.4 Å². The Hall–Kier alpha value is -1.78. The molecule has 0 radical (unpaired) electrons. The van der Waals surface area contributed by atoms with Crippen LogP contribution in [0.25, 0.3) is 0 Å². The second-order valence-corrected chi connectivity index (χ2v) is 5.48. The van der Waals surface area contributed by atoms with Crippen LogP contribution in [-0.4, -0.2) is 39.8 Å². The summed E-state index contributed by atoms with van der Waals surface area (Å²) in [6.07, 6.45) is 5.77. The number of aromatic nitrogens is 2. The van der Waals surface area contributed by atoms with Gasteiger partial charge in [-0.25, -0.2) is 0 Å². The zero-order valence-electron chi connectivity index (χ0n) is 11.4. The first-order chi connectivity index (χ1) is 9.10. The van der Waals surface area contributed by atoms with E-state index in [1.54, 1.807) is 25.0 Å². The third-order valence-electron chi connectivity index (χ3n) is 4.12. The highest BCUT2D eigenvalue weighted by molar-refractivity contribution is 5.97. The first-order valence-corrected chi connectivity index (χ1v) is 6.67. The Morgan fingerprint density at radius 3 is 2.63 bits per heavy atom. The quantitative estimate of drug-likeness (QED) is 0.762. The lowest BCUT2D eigenvalue weighted by Crippen LogP contribution is -2.44. The molecular formula is C14H19N3O2. The first kappa shape index (κ1) is 12.3. The van der Waals surface area contributed by atoms with E-state index in [1.807, 2.05) is 4.90 Å². The summed E-state index contributed by atoms with van der Waals surface area (Å²) < 4.78 is 6.82. The van der Waals surface area contributed by atoms with Gasteiger partial charge in [0.05, 0.1) is 7.11 Å². The molecule has 0 saturated carbocycles. The minimum atomic E-state index is 0.0463. The molecule has 2 aliphatic rings. The van der Waals surface area contributed by atoms with Gasteiger partial charge < -0.3 is 9.64 Å². The fourth-order valence-corrected chi connectivity index (χ4v) is 3.35. The minimum Gasteiger partial charge on any atom is -0.479 e. The van der Waals surface area contributed by atoms with Gasteiger partial charge in [0, 0.05) is 25.3 Å².